The highest BCUT2D eigenvalue weighted by Crippen LogP contribution is 2.42. The first-order valence-corrected chi connectivity index (χ1v) is 5.82. The van der Waals surface area contributed by atoms with E-state index in [1.165, 1.54) is 0 Å². The Morgan fingerprint density at radius 3 is 2.44 bits per heavy atom. The minimum absolute atomic E-state index is 0.0400. The first kappa shape index (κ1) is 11.3. The summed E-state index contributed by atoms with van der Waals surface area (Å²) in [5.41, 5.74) is 1.82. The summed E-state index contributed by atoms with van der Waals surface area (Å²) in [6.07, 6.45) is 2.55. The average molecular weight is 222 g/mol. The van der Waals surface area contributed by atoms with Gasteiger partial charge >= 0.3 is 0 Å². The van der Waals surface area contributed by atoms with Gasteiger partial charge < -0.3 is 14.9 Å². The molecule has 1 aliphatic rings. The number of ether oxygens (including phenoxy) is 1. The molecule has 0 radical (unpaired) electrons. The number of rotatable bonds is 2. The zero-order valence-electron chi connectivity index (χ0n) is 9.79. The van der Waals surface area contributed by atoms with Crippen LogP contribution in [-0.4, -0.2) is 16.8 Å². The Labute approximate surface area is 95.7 Å². The number of aromatic hydroxyl groups is 2. The van der Waals surface area contributed by atoms with E-state index in [0.717, 1.165) is 30.4 Å². The van der Waals surface area contributed by atoms with E-state index in [4.69, 9.17) is 4.74 Å². The summed E-state index contributed by atoms with van der Waals surface area (Å²) in [4.78, 5) is 0. The van der Waals surface area contributed by atoms with Gasteiger partial charge in [-0.15, -0.1) is 0 Å². The van der Waals surface area contributed by atoms with Crippen molar-refractivity contribution < 1.29 is 14.9 Å². The Balaban J connectivity index is 2.57. The van der Waals surface area contributed by atoms with Gasteiger partial charge in [-0.1, -0.05) is 13.8 Å². The van der Waals surface area contributed by atoms with Gasteiger partial charge in [0, 0.05) is 0 Å². The second kappa shape index (κ2) is 3.98. The molecular weight excluding hydrogens is 204 g/mol. The van der Waals surface area contributed by atoms with Crippen LogP contribution >= 0.6 is 0 Å². The third kappa shape index (κ3) is 1.55. The standard InChI is InChI=1S/C13H18O3/c1-3-13(4-2)10-8-12(15)11(14)7-9(10)5-6-16-13/h7-8,14-15H,3-6H2,1-2H3. The van der Waals surface area contributed by atoms with E-state index in [2.05, 4.69) is 13.8 Å². The smallest absolute Gasteiger partial charge is 0.157 e. The van der Waals surface area contributed by atoms with E-state index in [-0.39, 0.29) is 17.1 Å². The summed E-state index contributed by atoms with van der Waals surface area (Å²) >= 11 is 0. The van der Waals surface area contributed by atoms with Crippen LogP contribution in [0.1, 0.15) is 37.8 Å². The Morgan fingerprint density at radius 2 is 1.81 bits per heavy atom. The lowest BCUT2D eigenvalue weighted by molar-refractivity contribution is -0.0664. The molecule has 3 nitrogen and oxygen atoms in total. The Kier molecular flexibility index (Phi) is 2.80. The number of phenols is 2. The van der Waals surface area contributed by atoms with Gasteiger partial charge in [0.2, 0.25) is 0 Å². The second-order valence-electron chi connectivity index (χ2n) is 4.30. The highest BCUT2D eigenvalue weighted by molar-refractivity contribution is 5.48. The second-order valence-corrected chi connectivity index (χ2v) is 4.30. The third-order valence-corrected chi connectivity index (χ3v) is 3.58. The van der Waals surface area contributed by atoms with Crippen LogP contribution in [0.25, 0.3) is 0 Å². The first-order chi connectivity index (χ1) is 7.63. The fourth-order valence-corrected chi connectivity index (χ4v) is 2.52. The van der Waals surface area contributed by atoms with Crippen LogP contribution in [0.3, 0.4) is 0 Å². The van der Waals surface area contributed by atoms with Crippen molar-refractivity contribution in [1.29, 1.82) is 0 Å². The highest BCUT2D eigenvalue weighted by atomic mass is 16.5. The summed E-state index contributed by atoms with van der Waals surface area (Å²) in [6, 6.07) is 3.31. The van der Waals surface area contributed by atoms with E-state index in [1.54, 1.807) is 12.1 Å². The van der Waals surface area contributed by atoms with Crippen LogP contribution in [0.4, 0.5) is 0 Å². The molecular formula is C13H18O3. The summed E-state index contributed by atoms with van der Waals surface area (Å²) in [5, 5.41) is 19.1. The molecule has 16 heavy (non-hydrogen) atoms. The fraction of sp³-hybridized carbons (Fsp3) is 0.538. The molecule has 0 spiro atoms. The number of hydrogen-bond donors (Lipinski definition) is 2. The highest BCUT2D eigenvalue weighted by Gasteiger charge is 2.35. The van der Waals surface area contributed by atoms with Gasteiger partial charge in [0.1, 0.15) is 0 Å². The van der Waals surface area contributed by atoms with Gasteiger partial charge in [-0.25, -0.2) is 0 Å². The summed E-state index contributed by atoms with van der Waals surface area (Å²) in [5.74, 6) is -0.0997. The maximum absolute atomic E-state index is 9.59. The zero-order valence-corrected chi connectivity index (χ0v) is 9.79. The normalized spacial score (nSPS) is 18.1. The van der Waals surface area contributed by atoms with E-state index >= 15 is 0 Å². The first-order valence-electron chi connectivity index (χ1n) is 5.82. The fourth-order valence-electron chi connectivity index (χ4n) is 2.52. The van der Waals surface area contributed by atoms with Gasteiger partial charge in [-0.05, 0) is 42.5 Å². The molecule has 0 amide bonds. The average Bonchev–Trinajstić information content (AvgIpc) is 2.30. The minimum atomic E-state index is -0.293. The SMILES string of the molecule is CCC1(CC)OCCc2cc(O)c(O)cc21. The molecule has 2 rings (SSSR count). The topological polar surface area (TPSA) is 49.7 Å². The molecule has 0 aromatic heterocycles. The van der Waals surface area contributed by atoms with Crippen molar-refractivity contribution in [2.45, 2.75) is 38.7 Å². The van der Waals surface area contributed by atoms with Crippen LogP contribution in [0.15, 0.2) is 12.1 Å². The molecule has 88 valence electrons. The van der Waals surface area contributed by atoms with E-state index < -0.39 is 0 Å². The number of benzene rings is 1. The molecule has 1 heterocycles. The van der Waals surface area contributed by atoms with E-state index in [9.17, 15) is 10.2 Å². The van der Waals surface area contributed by atoms with Crippen molar-refractivity contribution in [3.8, 4) is 11.5 Å². The third-order valence-electron chi connectivity index (χ3n) is 3.58. The summed E-state index contributed by atoms with van der Waals surface area (Å²) in [6.45, 7) is 4.85. The Bertz CT molecular complexity index is 394. The van der Waals surface area contributed by atoms with Gasteiger partial charge in [-0.3, -0.25) is 0 Å². The van der Waals surface area contributed by atoms with Crippen LogP contribution < -0.4 is 0 Å². The zero-order chi connectivity index (χ0) is 11.8. The Hall–Kier alpha value is -1.22. The molecule has 0 unspecified atom stereocenters. The van der Waals surface area contributed by atoms with Crippen LogP contribution in [0, 0.1) is 0 Å². The Morgan fingerprint density at radius 1 is 1.19 bits per heavy atom. The van der Waals surface area contributed by atoms with Crippen LogP contribution in [0.2, 0.25) is 0 Å². The maximum atomic E-state index is 9.59. The molecule has 0 atom stereocenters. The molecule has 1 aromatic rings. The van der Waals surface area contributed by atoms with Crippen molar-refractivity contribution in [3.05, 3.63) is 23.3 Å². The van der Waals surface area contributed by atoms with Crippen molar-refractivity contribution in [2.24, 2.45) is 0 Å². The lowest BCUT2D eigenvalue weighted by Gasteiger charge is -2.38. The number of hydrogen-bond acceptors (Lipinski definition) is 3. The minimum Gasteiger partial charge on any atom is -0.504 e. The molecule has 3 heteroatoms. The monoisotopic (exact) mass is 222 g/mol. The predicted octanol–water partition coefficient (Wildman–Crippen LogP) is 2.69. The molecule has 1 aliphatic heterocycles. The molecule has 0 saturated heterocycles. The van der Waals surface area contributed by atoms with Gasteiger partial charge in [0.15, 0.2) is 11.5 Å². The summed E-state index contributed by atoms with van der Waals surface area (Å²) in [7, 11) is 0. The van der Waals surface area contributed by atoms with E-state index in [0.29, 0.717) is 6.61 Å². The number of fused-ring (bicyclic) bond motifs is 1. The molecule has 0 saturated carbocycles. The largest absolute Gasteiger partial charge is 0.504 e. The van der Waals surface area contributed by atoms with E-state index in [1.807, 2.05) is 0 Å². The maximum Gasteiger partial charge on any atom is 0.157 e. The van der Waals surface area contributed by atoms with Gasteiger partial charge in [0.05, 0.1) is 12.2 Å². The lowest BCUT2D eigenvalue weighted by atomic mass is 9.82. The molecule has 2 N–H and O–H groups in total. The van der Waals surface area contributed by atoms with Gasteiger partial charge in [-0.2, -0.15) is 0 Å². The quantitative estimate of drug-likeness (QED) is 0.756. The molecule has 0 bridgehead atoms. The van der Waals surface area contributed by atoms with Crippen LogP contribution in [0.5, 0.6) is 11.5 Å². The number of phenolic OH excluding ortho intramolecular Hbond substituents is 2. The summed E-state index contributed by atoms with van der Waals surface area (Å²) < 4.78 is 5.89. The predicted molar refractivity (Wildman–Crippen MR) is 61.7 cm³/mol. The van der Waals surface area contributed by atoms with Crippen LogP contribution in [-0.2, 0) is 16.8 Å². The van der Waals surface area contributed by atoms with Crippen molar-refractivity contribution >= 4 is 0 Å². The molecule has 1 aromatic carbocycles. The van der Waals surface area contributed by atoms with Crippen molar-refractivity contribution in [1.82, 2.24) is 0 Å². The molecule has 0 fully saturated rings. The van der Waals surface area contributed by atoms with Crippen molar-refractivity contribution in [2.75, 3.05) is 6.61 Å². The van der Waals surface area contributed by atoms with Gasteiger partial charge in [0.25, 0.3) is 0 Å². The molecule has 0 aliphatic carbocycles. The lowest BCUT2D eigenvalue weighted by Crippen LogP contribution is -2.34. The van der Waals surface area contributed by atoms with Crippen molar-refractivity contribution in [3.63, 3.8) is 0 Å².